The third-order valence-corrected chi connectivity index (χ3v) is 6.42. The fraction of sp³-hybridized carbons (Fsp3) is 0.619. The van der Waals surface area contributed by atoms with E-state index in [4.69, 9.17) is 4.99 Å². The molecule has 2 aromatic rings. The van der Waals surface area contributed by atoms with Crippen LogP contribution in [0.2, 0.25) is 0 Å². The summed E-state index contributed by atoms with van der Waals surface area (Å²) in [6.07, 6.45) is 5.40. The number of pyridine rings is 1. The van der Waals surface area contributed by atoms with Crippen LogP contribution in [0.15, 0.2) is 23.3 Å². The minimum absolute atomic E-state index is 0. The van der Waals surface area contributed by atoms with Gasteiger partial charge in [0.2, 0.25) is 5.13 Å². The molecule has 2 aliphatic rings. The molecule has 31 heavy (non-hydrogen) atoms. The first-order valence-electron chi connectivity index (χ1n) is 11.1. The Labute approximate surface area is 206 Å². The lowest BCUT2D eigenvalue weighted by Crippen LogP contribution is -2.52. The summed E-state index contributed by atoms with van der Waals surface area (Å²) < 4.78 is 4.42. The summed E-state index contributed by atoms with van der Waals surface area (Å²) in [6, 6.07) is 4.29. The lowest BCUT2D eigenvalue weighted by atomic mass is 10.3. The van der Waals surface area contributed by atoms with Gasteiger partial charge in [0.25, 0.3) is 0 Å². The van der Waals surface area contributed by atoms with Crippen molar-refractivity contribution in [2.45, 2.75) is 39.7 Å². The predicted octanol–water partition coefficient (Wildman–Crippen LogP) is 3.00. The number of rotatable bonds is 6. The van der Waals surface area contributed by atoms with E-state index in [2.05, 4.69) is 60.3 Å². The van der Waals surface area contributed by atoms with Crippen LogP contribution in [0.25, 0.3) is 0 Å². The number of nitrogens with one attached hydrogen (secondary N) is 1. The first kappa shape index (κ1) is 24.0. The number of nitrogens with zero attached hydrogens (tertiary/aromatic N) is 7. The van der Waals surface area contributed by atoms with Crippen LogP contribution in [0.5, 0.6) is 0 Å². The fourth-order valence-electron chi connectivity index (χ4n) is 3.86. The Morgan fingerprint density at radius 3 is 2.45 bits per heavy atom. The number of aryl methyl sites for hydroxylation is 1. The Kier molecular flexibility index (Phi) is 9.12. The highest BCUT2D eigenvalue weighted by atomic mass is 127. The Balaban J connectivity index is 0.00000272. The molecule has 2 saturated heterocycles. The second-order valence-electron chi connectivity index (χ2n) is 7.71. The summed E-state index contributed by atoms with van der Waals surface area (Å²) in [4.78, 5) is 21.2. The van der Waals surface area contributed by atoms with E-state index in [1.165, 1.54) is 24.4 Å². The van der Waals surface area contributed by atoms with E-state index in [9.17, 15) is 0 Å². The van der Waals surface area contributed by atoms with E-state index >= 15 is 0 Å². The summed E-state index contributed by atoms with van der Waals surface area (Å²) in [5.74, 6) is 3.01. The molecule has 4 heterocycles. The van der Waals surface area contributed by atoms with Crippen LogP contribution in [-0.2, 0) is 13.0 Å². The van der Waals surface area contributed by atoms with Gasteiger partial charge in [-0.2, -0.15) is 4.37 Å². The quantitative estimate of drug-likeness (QED) is 0.333. The van der Waals surface area contributed by atoms with Gasteiger partial charge in [-0.05, 0) is 31.4 Å². The van der Waals surface area contributed by atoms with Crippen molar-refractivity contribution in [2.24, 2.45) is 4.99 Å². The molecule has 2 aromatic heterocycles. The molecule has 0 amide bonds. The SMILES string of the molecule is CCNC(=NCc1ccc(N2CCCC2)nc1)N1CCN(c2nc(CC)ns2)CC1.I. The van der Waals surface area contributed by atoms with Gasteiger partial charge in [-0.1, -0.05) is 13.0 Å². The molecule has 2 aliphatic heterocycles. The summed E-state index contributed by atoms with van der Waals surface area (Å²) in [5.41, 5.74) is 1.15. The van der Waals surface area contributed by atoms with Gasteiger partial charge in [-0.3, -0.25) is 0 Å². The highest BCUT2D eigenvalue weighted by Gasteiger charge is 2.22. The van der Waals surface area contributed by atoms with E-state index in [0.29, 0.717) is 6.54 Å². The van der Waals surface area contributed by atoms with Crippen molar-refractivity contribution >= 4 is 52.4 Å². The molecule has 0 bridgehead atoms. The molecule has 4 rings (SSSR count). The number of aliphatic imine (C=N–C) groups is 1. The Bertz CT molecular complexity index is 826. The number of halogens is 1. The molecule has 2 fully saturated rings. The van der Waals surface area contributed by atoms with Gasteiger partial charge < -0.3 is 20.0 Å². The Morgan fingerprint density at radius 1 is 1.06 bits per heavy atom. The lowest BCUT2D eigenvalue weighted by molar-refractivity contribution is 0.372. The summed E-state index contributed by atoms with van der Waals surface area (Å²) >= 11 is 1.51. The molecule has 0 atom stereocenters. The molecule has 10 heteroatoms. The fourth-order valence-corrected chi connectivity index (χ4v) is 4.66. The van der Waals surface area contributed by atoms with Gasteiger partial charge in [0.1, 0.15) is 11.6 Å². The first-order valence-corrected chi connectivity index (χ1v) is 11.8. The average molecular weight is 557 g/mol. The number of anilines is 2. The van der Waals surface area contributed by atoms with E-state index in [1.54, 1.807) is 0 Å². The number of aromatic nitrogens is 3. The largest absolute Gasteiger partial charge is 0.357 e. The second-order valence-corrected chi connectivity index (χ2v) is 8.44. The van der Waals surface area contributed by atoms with Crippen LogP contribution < -0.4 is 15.1 Å². The Hall–Kier alpha value is -1.69. The third-order valence-electron chi connectivity index (χ3n) is 5.61. The normalized spacial score (nSPS) is 17.1. The van der Waals surface area contributed by atoms with Gasteiger partial charge >= 0.3 is 0 Å². The van der Waals surface area contributed by atoms with Crippen LogP contribution in [0.3, 0.4) is 0 Å². The molecule has 170 valence electrons. The molecular formula is C21H33IN8S. The molecule has 0 aliphatic carbocycles. The lowest BCUT2D eigenvalue weighted by Gasteiger charge is -2.36. The maximum Gasteiger partial charge on any atom is 0.205 e. The number of hydrogen-bond acceptors (Lipinski definition) is 7. The molecule has 0 aromatic carbocycles. The minimum atomic E-state index is 0. The van der Waals surface area contributed by atoms with E-state index in [-0.39, 0.29) is 24.0 Å². The summed E-state index contributed by atoms with van der Waals surface area (Å²) in [5, 5.41) is 4.49. The van der Waals surface area contributed by atoms with Crippen molar-refractivity contribution in [1.82, 2.24) is 24.6 Å². The van der Waals surface area contributed by atoms with Crippen molar-refractivity contribution < 1.29 is 0 Å². The molecule has 1 N–H and O–H groups in total. The first-order chi connectivity index (χ1) is 14.8. The number of piperazine rings is 1. The molecule has 0 spiro atoms. The van der Waals surface area contributed by atoms with Gasteiger partial charge in [0.05, 0.1) is 6.54 Å². The topological polar surface area (TPSA) is 72.8 Å². The number of guanidine groups is 1. The zero-order valence-electron chi connectivity index (χ0n) is 18.5. The predicted molar refractivity (Wildman–Crippen MR) is 139 cm³/mol. The number of hydrogen-bond donors (Lipinski definition) is 1. The average Bonchev–Trinajstić information content (AvgIpc) is 3.50. The van der Waals surface area contributed by atoms with Gasteiger partial charge in [-0.25, -0.2) is 15.0 Å². The molecule has 0 radical (unpaired) electrons. The molecule has 0 unspecified atom stereocenters. The highest BCUT2D eigenvalue weighted by molar-refractivity contribution is 14.0. The standard InChI is InChI=1S/C21H32N8S.HI/c1-3-18-25-21(30-26-18)29-13-11-28(12-14-29)20(22-4-2)24-16-17-7-8-19(23-15-17)27-9-5-6-10-27;/h7-8,15H,3-6,9-14,16H2,1-2H3,(H,22,24);1H. The van der Waals surface area contributed by atoms with Crippen molar-refractivity contribution in [3.63, 3.8) is 0 Å². The van der Waals surface area contributed by atoms with Crippen molar-refractivity contribution in [3.05, 3.63) is 29.7 Å². The van der Waals surface area contributed by atoms with E-state index in [0.717, 1.165) is 80.5 Å². The summed E-state index contributed by atoms with van der Waals surface area (Å²) in [6.45, 7) is 11.7. The summed E-state index contributed by atoms with van der Waals surface area (Å²) in [7, 11) is 0. The van der Waals surface area contributed by atoms with Crippen LogP contribution in [0.4, 0.5) is 10.9 Å². The molecule has 0 saturated carbocycles. The zero-order valence-corrected chi connectivity index (χ0v) is 21.6. The van der Waals surface area contributed by atoms with Crippen molar-refractivity contribution in [2.75, 3.05) is 55.6 Å². The second kappa shape index (κ2) is 11.8. The van der Waals surface area contributed by atoms with Crippen molar-refractivity contribution in [3.8, 4) is 0 Å². The van der Waals surface area contributed by atoms with Gasteiger partial charge in [0, 0.05) is 70.0 Å². The minimum Gasteiger partial charge on any atom is -0.357 e. The maximum absolute atomic E-state index is 4.88. The van der Waals surface area contributed by atoms with Gasteiger partial charge in [-0.15, -0.1) is 24.0 Å². The Morgan fingerprint density at radius 2 is 1.84 bits per heavy atom. The van der Waals surface area contributed by atoms with Crippen LogP contribution >= 0.6 is 35.5 Å². The molecular weight excluding hydrogens is 523 g/mol. The van der Waals surface area contributed by atoms with Crippen LogP contribution in [-0.4, -0.2) is 71.0 Å². The van der Waals surface area contributed by atoms with E-state index < -0.39 is 0 Å². The zero-order chi connectivity index (χ0) is 20.8. The van der Waals surface area contributed by atoms with Gasteiger partial charge in [0.15, 0.2) is 5.96 Å². The highest BCUT2D eigenvalue weighted by Crippen LogP contribution is 2.20. The maximum atomic E-state index is 4.88. The van der Waals surface area contributed by atoms with E-state index in [1.807, 2.05) is 6.20 Å². The smallest absolute Gasteiger partial charge is 0.205 e. The van der Waals surface area contributed by atoms with Crippen LogP contribution in [0.1, 0.15) is 38.1 Å². The van der Waals surface area contributed by atoms with Crippen molar-refractivity contribution in [1.29, 1.82) is 0 Å². The van der Waals surface area contributed by atoms with Crippen LogP contribution in [0, 0.1) is 0 Å². The third kappa shape index (κ3) is 6.18. The monoisotopic (exact) mass is 556 g/mol. The molecule has 8 nitrogen and oxygen atoms in total.